The summed E-state index contributed by atoms with van der Waals surface area (Å²) in [6, 6.07) is 12.4. The number of fused-ring (bicyclic) bond motifs is 1. The van der Waals surface area contributed by atoms with Gasteiger partial charge < -0.3 is 9.47 Å². The predicted octanol–water partition coefficient (Wildman–Crippen LogP) is 4.27. The summed E-state index contributed by atoms with van der Waals surface area (Å²) >= 11 is 1.63. The second-order valence-corrected chi connectivity index (χ2v) is 8.29. The average Bonchev–Trinajstić information content (AvgIpc) is 3.29. The molecule has 0 saturated carbocycles. The number of aliphatic imine (C=N–C) groups is 1. The molecule has 0 bridgehead atoms. The van der Waals surface area contributed by atoms with Crippen LogP contribution in [0.5, 0.6) is 11.5 Å². The fraction of sp³-hybridized carbons (Fsp3) is 0.364. The number of nitrogens with zero attached hydrogens (tertiary/aromatic N) is 2. The first-order valence-corrected chi connectivity index (χ1v) is 10.4. The van der Waals surface area contributed by atoms with Crippen molar-refractivity contribution in [1.82, 2.24) is 4.90 Å². The Kier molecular flexibility index (Phi) is 5.31. The normalized spacial score (nSPS) is 18.0. The molecule has 1 saturated heterocycles. The van der Waals surface area contributed by atoms with Gasteiger partial charge in [-0.05, 0) is 31.9 Å². The van der Waals surface area contributed by atoms with Crippen molar-refractivity contribution in [3.8, 4) is 11.5 Å². The van der Waals surface area contributed by atoms with Crippen LogP contribution in [-0.2, 0) is 11.2 Å². The SMILES string of the molecule is CC(=O)N1CCS/C1=N\C(Cc1cc(C)cc(C)c1)c1cccc2c1OCO2. The minimum Gasteiger partial charge on any atom is -0.454 e. The summed E-state index contributed by atoms with van der Waals surface area (Å²) < 4.78 is 11.3. The van der Waals surface area contributed by atoms with Gasteiger partial charge in [-0.3, -0.25) is 14.7 Å². The number of aryl methyl sites for hydroxylation is 2. The van der Waals surface area contributed by atoms with Gasteiger partial charge in [0.05, 0.1) is 6.04 Å². The summed E-state index contributed by atoms with van der Waals surface area (Å²) in [5, 5.41) is 0.790. The van der Waals surface area contributed by atoms with Crippen LogP contribution in [0.1, 0.15) is 35.2 Å². The van der Waals surface area contributed by atoms with E-state index in [1.54, 1.807) is 23.6 Å². The van der Waals surface area contributed by atoms with Gasteiger partial charge in [-0.1, -0.05) is 53.2 Å². The van der Waals surface area contributed by atoms with Crippen LogP contribution in [0, 0.1) is 13.8 Å². The van der Waals surface area contributed by atoms with Crippen LogP contribution in [0.2, 0.25) is 0 Å². The van der Waals surface area contributed by atoms with Gasteiger partial charge in [0.15, 0.2) is 16.7 Å². The summed E-state index contributed by atoms with van der Waals surface area (Å²) in [5.74, 6) is 2.43. The first kappa shape index (κ1) is 18.9. The Morgan fingerprint density at radius 3 is 2.75 bits per heavy atom. The number of amidine groups is 1. The highest BCUT2D eigenvalue weighted by Crippen LogP contribution is 2.41. The molecule has 28 heavy (non-hydrogen) atoms. The fourth-order valence-corrected chi connectivity index (χ4v) is 4.82. The maximum atomic E-state index is 12.0. The first-order valence-electron chi connectivity index (χ1n) is 9.45. The minimum atomic E-state index is -0.153. The molecule has 0 spiro atoms. The highest BCUT2D eigenvalue weighted by atomic mass is 32.2. The molecule has 0 aromatic heterocycles. The molecule has 6 heteroatoms. The molecule has 0 aliphatic carbocycles. The molecule has 1 atom stereocenters. The largest absolute Gasteiger partial charge is 0.454 e. The molecule has 1 unspecified atom stereocenters. The molecule has 2 aromatic carbocycles. The van der Waals surface area contributed by atoms with E-state index in [0.717, 1.165) is 34.4 Å². The van der Waals surface area contributed by atoms with Crippen LogP contribution in [0.4, 0.5) is 0 Å². The number of rotatable bonds is 4. The number of hydrogen-bond acceptors (Lipinski definition) is 5. The van der Waals surface area contributed by atoms with Crippen LogP contribution in [0.25, 0.3) is 0 Å². The molecule has 4 rings (SSSR count). The molecular weight excluding hydrogens is 372 g/mol. The lowest BCUT2D eigenvalue weighted by Crippen LogP contribution is -2.29. The zero-order valence-corrected chi connectivity index (χ0v) is 17.2. The quantitative estimate of drug-likeness (QED) is 0.775. The highest BCUT2D eigenvalue weighted by Gasteiger charge is 2.28. The second kappa shape index (κ2) is 7.87. The van der Waals surface area contributed by atoms with Gasteiger partial charge in [0.1, 0.15) is 0 Å². The molecule has 1 fully saturated rings. The topological polar surface area (TPSA) is 51.1 Å². The number of ether oxygens (including phenoxy) is 2. The number of hydrogen-bond donors (Lipinski definition) is 0. The van der Waals surface area contributed by atoms with Gasteiger partial charge in [0.2, 0.25) is 12.7 Å². The van der Waals surface area contributed by atoms with Gasteiger partial charge in [0.25, 0.3) is 0 Å². The van der Waals surface area contributed by atoms with E-state index in [4.69, 9.17) is 14.5 Å². The monoisotopic (exact) mass is 396 g/mol. The second-order valence-electron chi connectivity index (χ2n) is 7.23. The van der Waals surface area contributed by atoms with Crippen LogP contribution in [0.3, 0.4) is 0 Å². The molecule has 2 aliphatic heterocycles. The molecule has 2 heterocycles. The zero-order chi connectivity index (χ0) is 19.7. The van der Waals surface area contributed by atoms with E-state index in [9.17, 15) is 4.79 Å². The maximum absolute atomic E-state index is 12.0. The Labute approximate surface area is 169 Å². The number of para-hydroxylation sites is 1. The molecule has 146 valence electrons. The maximum Gasteiger partial charge on any atom is 0.231 e. The summed E-state index contributed by atoms with van der Waals surface area (Å²) in [4.78, 5) is 18.8. The first-order chi connectivity index (χ1) is 13.5. The molecule has 5 nitrogen and oxygen atoms in total. The van der Waals surface area contributed by atoms with Gasteiger partial charge in [0, 0.05) is 24.8 Å². The number of benzene rings is 2. The zero-order valence-electron chi connectivity index (χ0n) is 16.4. The molecule has 0 radical (unpaired) electrons. The number of carbonyl (C=O) groups excluding carboxylic acids is 1. The number of carbonyl (C=O) groups is 1. The summed E-state index contributed by atoms with van der Waals surface area (Å²) in [6.07, 6.45) is 0.734. The van der Waals surface area contributed by atoms with Crippen LogP contribution in [-0.4, -0.2) is 35.1 Å². The van der Waals surface area contributed by atoms with E-state index >= 15 is 0 Å². The summed E-state index contributed by atoms with van der Waals surface area (Å²) in [5.41, 5.74) is 4.69. The standard InChI is InChI=1S/C22H24N2O3S/c1-14-9-15(2)11-17(10-14)12-19(23-22-24(16(3)25)7-8-28-22)18-5-4-6-20-21(18)27-13-26-20/h4-6,9-11,19H,7-8,12-13H2,1-3H3/b23-22-. The van der Waals surface area contributed by atoms with Crippen molar-refractivity contribution < 1.29 is 14.3 Å². The molecule has 1 amide bonds. The van der Waals surface area contributed by atoms with Gasteiger partial charge in [-0.25, -0.2) is 0 Å². The minimum absolute atomic E-state index is 0.0340. The van der Waals surface area contributed by atoms with Gasteiger partial charge in [-0.15, -0.1) is 0 Å². The number of amides is 1. The summed E-state index contributed by atoms with van der Waals surface area (Å²) in [6.45, 7) is 6.75. The third kappa shape index (κ3) is 3.87. The van der Waals surface area contributed by atoms with Crippen LogP contribution >= 0.6 is 11.8 Å². The lowest BCUT2D eigenvalue weighted by molar-refractivity contribution is -0.124. The van der Waals surface area contributed by atoms with Gasteiger partial charge in [-0.2, -0.15) is 0 Å². The van der Waals surface area contributed by atoms with Crippen molar-refractivity contribution in [2.45, 2.75) is 33.2 Å². The Morgan fingerprint density at radius 2 is 2.00 bits per heavy atom. The Morgan fingerprint density at radius 1 is 1.21 bits per heavy atom. The van der Waals surface area contributed by atoms with Crippen molar-refractivity contribution in [3.05, 3.63) is 58.7 Å². The van der Waals surface area contributed by atoms with E-state index in [1.165, 1.54) is 16.7 Å². The van der Waals surface area contributed by atoms with E-state index in [-0.39, 0.29) is 18.7 Å². The van der Waals surface area contributed by atoms with Crippen molar-refractivity contribution in [3.63, 3.8) is 0 Å². The van der Waals surface area contributed by atoms with Gasteiger partial charge >= 0.3 is 0 Å². The fourth-order valence-electron chi connectivity index (χ4n) is 3.78. The molecule has 2 aliphatic rings. The average molecular weight is 397 g/mol. The van der Waals surface area contributed by atoms with E-state index in [1.807, 2.05) is 18.2 Å². The molecular formula is C22H24N2O3S. The smallest absolute Gasteiger partial charge is 0.231 e. The van der Waals surface area contributed by atoms with Crippen molar-refractivity contribution in [2.24, 2.45) is 4.99 Å². The van der Waals surface area contributed by atoms with Crippen molar-refractivity contribution >= 4 is 22.8 Å². The molecule has 2 aromatic rings. The third-order valence-electron chi connectivity index (χ3n) is 4.92. The molecule has 0 N–H and O–H groups in total. The summed E-state index contributed by atoms with van der Waals surface area (Å²) in [7, 11) is 0. The predicted molar refractivity (Wildman–Crippen MR) is 112 cm³/mol. The lowest BCUT2D eigenvalue weighted by Gasteiger charge is -2.20. The van der Waals surface area contributed by atoms with E-state index in [2.05, 4.69) is 32.0 Å². The van der Waals surface area contributed by atoms with Crippen LogP contribution in [0.15, 0.2) is 41.4 Å². The van der Waals surface area contributed by atoms with Crippen molar-refractivity contribution in [1.29, 1.82) is 0 Å². The highest BCUT2D eigenvalue weighted by molar-refractivity contribution is 8.14. The Hall–Kier alpha value is -2.47. The van der Waals surface area contributed by atoms with Crippen molar-refractivity contribution in [2.75, 3.05) is 19.1 Å². The van der Waals surface area contributed by atoms with E-state index in [0.29, 0.717) is 6.54 Å². The third-order valence-corrected chi connectivity index (χ3v) is 5.89. The Balaban J connectivity index is 1.75. The van der Waals surface area contributed by atoms with Crippen LogP contribution < -0.4 is 9.47 Å². The van der Waals surface area contributed by atoms with E-state index < -0.39 is 0 Å². The number of thioether (sulfide) groups is 1. The Bertz CT molecular complexity index is 921. The lowest BCUT2D eigenvalue weighted by atomic mass is 9.96.